The van der Waals surface area contributed by atoms with Gasteiger partial charge in [-0.3, -0.25) is 9.59 Å². The first-order valence-electron chi connectivity index (χ1n) is 9.16. The summed E-state index contributed by atoms with van der Waals surface area (Å²) in [6, 6.07) is 0. The molecule has 0 unspecified atom stereocenters. The van der Waals surface area contributed by atoms with E-state index < -0.39 is 0 Å². The maximum Gasteiger partial charge on any atom is 0.224 e. The molecule has 2 heterocycles. The molecule has 3 aliphatic rings. The Morgan fingerprint density at radius 1 is 1.17 bits per heavy atom. The molecule has 5 heteroatoms. The molecule has 2 aliphatic heterocycles. The molecule has 0 bridgehead atoms. The Morgan fingerprint density at radius 2 is 1.87 bits per heavy atom. The van der Waals surface area contributed by atoms with Gasteiger partial charge >= 0.3 is 0 Å². The molecule has 0 atom stereocenters. The van der Waals surface area contributed by atoms with Gasteiger partial charge < -0.3 is 14.5 Å². The van der Waals surface area contributed by atoms with Crippen LogP contribution in [-0.2, 0) is 14.3 Å². The largest absolute Gasteiger partial charge is 0.384 e. The van der Waals surface area contributed by atoms with Crippen molar-refractivity contribution in [2.45, 2.75) is 51.4 Å². The van der Waals surface area contributed by atoms with Crippen molar-refractivity contribution in [3.8, 4) is 0 Å². The SMILES string of the molecule is COCCC(=O)N1CCC2(CCC(=O)N(CC3CC3)CC2)CC1. The van der Waals surface area contributed by atoms with E-state index in [1.54, 1.807) is 7.11 Å². The van der Waals surface area contributed by atoms with Gasteiger partial charge in [0, 0.05) is 39.7 Å². The third-order valence-electron chi connectivity index (χ3n) is 6.01. The van der Waals surface area contributed by atoms with Crippen molar-refractivity contribution in [3.63, 3.8) is 0 Å². The molecule has 1 aliphatic carbocycles. The van der Waals surface area contributed by atoms with Crippen molar-refractivity contribution in [3.05, 3.63) is 0 Å². The highest BCUT2D eigenvalue weighted by Gasteiger charge is 2.39. The lowest BCUT2D eigenvalue weighted by Gasteiger charge is -2.41. The molecule has 1 saturated carbocycles. The Bertz CT molecular complexity index is 440. The fraction of sp³-hybridized carbons (Fsp3) is 0.889. The quantitative estimate of drug-likeness (QED) is 0.778. The minimum atomic E-state index is 0.210. The minimum Gasteiger partial charge on any atom is -0.384 e. The highest BCUT2D eigenvalue weighted by Crippen LogP contribution is 2.42. The Morgan fingerprint density at radius 3 is 2.52 bits per heavy atom. The number of methoxy groups -OCH3 is 1. The number of rotatable bonds is 5. The van der Waals surface area contributed by atoms with Crippen LogP contribution in [0.1, 0.15) is 51.4 Å². The highest BCUT2D eigenvalue weighted by atomic mass is 16.5. The zero-order valence-electron chi connectivity index (χ0n) is 14.4. The van der Waals surface area contributed by atoms with Crippen molar-refractivity contribution < 1.29 is 14.3 Å². The van der Waals surface area contributed by atoms with Gasteiger partial charge in [-0.1, -0.05) is 0 Å². The van der Waals surface area contributed by atoms with Crippen molar-refractivity contribution in [2.75, 3.05) is 39.9 Å². The standard InChI is InChI=1S/C18H30N2O3/c1-23-13-5-17(22)19-10-7-18(8-11-19)6-4-16(21)20(12-9-18)14-15-2-3-15/h15H,2-14H2,1H3. The smallest absolute Gasteiger partial charge is 0.224 e. The van der Waals surface area contributed by atoms with Crippen LogP contribution in [0.15, 0.2) is 0 Å². The number of amides is 2. The molecule has 5 nitrogen and oxygen atoms in total. The number of hydrogen-bond donors (Lipinski definition) is 0. The molecule has 1 spiro atoms. The van der Waals surface area contributed by atoms with Crippen LogP contribution >= 0.6 is 0 Å². The lowest BCUT2D eigenvalue weighted by Crippen LogP contribution is -2.43. The lowest BCUT2D eigenvalue weighted by atomic mass is 9.73. The lowest BCUT2D eigenvalue weighted by molar-refractivity contribution is -0.135. The van der Waals surface area contributed by atoms with Gasteiger partial charge in [-0.25, -0.2) is 0 Å². The van der Waals surface area contributed by atoms with E-state index in [9.17, 15) is 9.59 Å². The van der Waals surface area contributed by atoms with E-state index in [-0.39, 0.29) is 11.3 Å². The number of hydrogen-bond acceptors (Lipinski definition) is 3. The van der Waals surface area contributed by atoms with Gasteiger partial charge in [0.05, 0.1) is 13.0 Å². The van der Waals surface area contributed by atoms with Gasteiger partial charge in [-0.2, -0.15) is 0 Å². The van der Waals surface area contributed by atoms with Crippen LogP contribution in [0, 0.1) is 11.3 Å². The monoisotopic (exact) mass is 322 g/mol. The number of carbonyl (C=O) groups excluding carboxylic acids is 2. The summed E-state index contributed by atoms with van der Waals surface area (Å²) in [5, 5.41) is 0. The van der Waals surface area contributed by atoms with Gasteiger partial charge in [0.1, 0.15) is 0 Å². The first-order valence-corrected chi connectivity index (χ1v) is 9.16. The fourth-order valence-electron chi connectivity index (χ4n) is 4.04. The molecule has 0 aromatic rings. The van der Waals surface area contributed by atoms with Gasteiger partial charge in [0.15, 0.2) is 0 Å². The maximum absolute atomic E-state index is 12.3. The van der Waals surface area contributed by atoms with E-state index in [4.69, 9.17) is 4.74 Å². The zero-order valence-corrected chi connectivity index (χ0v) is 14.4. The molecule has 130 valence electrons. The van der Waals surface area contributed by atoms with Gasteiger partial charge in [0.2, 0.25) is 11.8 Å². The van der Waals surface area contributed by atoms with Crippen molar-refractivity contribution in [2.24, 2.45) is 11.3 Å². The molecular formula is C18H30N2O3. The second-order valence-electron chi connectivity index (χ2n) is 7.66. The predicted molar refractivity (Wildman–Crippen MR) is 87.9 cm³/mol. The van der Waals surface area contributed by atoms with Crippen LogP contribution in [0.4, 0.5) is 0 Å². The Kier molecular flexibility index (Phi) is 5.24. The normalized spacial score (nSPS) is 24.8. The first-order chi connectivity index (χ1) is 11.1. The second kappa shape index (κ2) is 7.20. The third kappa shape index (κ3) is 4.25. The van der Waals surface area contributed by atoms with Crippen molar-refractivity contribution in [1.29, 1.82) is 0 Å². The molecule has 0 aromatic carbocycles. The van der Waals surface area contributed by atoms with Crippen molar-refractivity contribution >= 4 is 11.8 Å². The molecule has 3 fully saturated rings. The maximum atomic E-state index is 12.3. The van der Waals surface area contributed by atoms with Crippen LogP contribution in [0.2, 0.25) is 0 Å². The van der Waals surface area contributed by atoms with Gasteiger partial charge in [0.25, 0.3) is 0 Å². The van der Waals surface area contributed by atoms with E-state index in [2.05, 4.69) is 4.90 Å². The predicted octanol–water partition coefficient (Wildman–Crippen LogP) is 2.05. The molecule has 3 rings (SSSR count). The van der Waals surface area contributed by atoms with E-state index in [1.807, 2.05) is 4.90 Å². The minimum absolute atomic E-state index is 0.210. The molecule has 23 heavy (non-hydrogen) atoms. The second-order valence-corrected chi connectivity index (χ2v) is 7.66. The Hall–Kier alpha value is -1.10. The van der Waals surface area contributed by atoms with Gasteiger partial charge in [-0.15, -0.1) is 0 Å². The Labute approximate surface area is 139 Å². The van der Waals surface area contributed by atoms with E-state index in [0.29, 0.717) is 25.4 Å². The summed E-state index contributed by atoms with van der Waals surface area (Å²) < 4.78 is 5.00. The Balaban J connectivity index is 1.51. The van der Waals surface area contributed by atoms with Crippen molar-refractivity contribution in [1.82, 2.24) is 9.80 Å². The zero-order chi connectivity index (χ0) is 16.3. The van der Waals surface area contributed by atoms with E-state index in [1.165, 1.54) is 12.8 Å². The van der Waals surface area contributed by atoms with Crippen LogP contribution in [0.3, 0.4) is 0 Å². The van der Waals surface area contributed by atoms with Crippen LogP contribution in [-0.4, -0.2) is 61.5 Å². The van der Waals surface area contributed by atoms with E-state index >= 15 is 0 Å². The number of ether oxygens (including phenoxy) is 1. The molecular weight excluding hydrogens is 292 g/mol. The highest BCUT2D eigenvalue weighted by molar-refractivity contribution is 5.77. The number of piperidine rings is 1. The summed E-state index contributed by atoms with van der Waals surface area (Å²) in [7, 11) is 1.63. The summed E-state index contributed by atoms with van der Waals surface area (Å²) in [6.45, 7) is 4.10. The molecule has 2 saturated heterocycles. The molecule has 2 amide bonds. The number of carbonyl (C=O) groups is 2. The number of likely N-dealkylation sites (tertiary alicyclic amines) is 2. The fourth-order valence-corrected chi connectivity index (χ4v) is 4.04. The summed E-state index contributed by atoms with van der Waals surface area (Å²) in [5.41, 5.74) is 0.284. The first kappa shape index (κ1) is 16.7. The van der Waals surface area contributed by atoms with E-state index in [0.717, 1.165) is 57.8 Å². The average molecular weight is 322 g/mol. The summed E-state index contributed by atoms with van der Waals surface area (Å²) in [4.78, 5) is 28.6. The molecule has 0 N–H and O–H groups in total. The summed E-state index contributed by atoms with van der Waals surface area (Å²) >= 11 is 0. The van der Waals surface area contributed by atoms with Crippen LogP contribution in [0.5, 0.6) is 0 Å². The molecule has 0 radical (unpaired) electrons. The summed E-state index contributed by atoms with van der Waals surface area (Å²) in [6.07, 6.45) is 8.01. The average Bonchev–Trinajstić information content (AvgIpc) is 3.39. The topological polar surface area (TPSA) is 49.9 Å². The van der Waals surface area contributed by atoms with Crippen LogP contribution < -0.4 is 0 Å². The van der Waals surface area contributed by atoms with Gasteiger partial charge in [-0.05, 0) is 49.9 Å². The molecule has 0 aromatic heterocycles. The third-order valence-corrected chi connectivity index (χ3v) is 6.01. The number of nitrogens with zero attached hydrogens (tertiary/aromatic N) is 2. The van der Waals surface area contributed by atoms with Crippen LogP contribution in [0.25, 0.3) is 0 Å². The summed E-state index contributed by atoms with van der Waals surface area (Å²) in [5.74, 6) is 1.34.